The molecule has 0 N–H and O–H groups in total. The number of esters is 1. The third-order valence-corrected chi connectivity index (χ3v) is 7.95. The molecule has 0 amide bonds. The summed E-state index contributed by atoms with van der Waals surface area (Å²) in [6.45, 7) is 0.873. The van der Waals surface area contributed by atoms with Crippen molar-refractivity contribution < 1.29 is 18.7 Å². The molecule has 37 heavy (non-hydrogen) atoms. The molecule has 1 saturated carbocycles. The molecule has 2 aliphatic rings. The van der Waals surface area contributed by atoms with Crippen LogP contribution in [0.1, 0.15) is 54.2 Å². The summed E-state index contributed by atoms with van der Waals surface area (Å²) < 4.78 is 20.9. The Kier molecular flexibility index (Phi) is 7.06. The Morgan fingerprint density at radius 2 is 2.05 bits per heavy atom. The van der Waals surface area contributed by atoms with Crippen molar-refractivity contribution in [3.05, 3.63) is 71.3 Å². The van der Waals surface area contributed by atoms with E-state index in [9.17, 15) is 14.0 Å². The van der Waals surface area contributed by atoms with Crippen LogP contribution in [0.15, 0.2) is 42.9 Å². The lowest BCUT2D eigenvalue weighted by atomic mass is 9.76. The number of carbonyl (C=O) groups excluding carboxylic acids is 2. The molecule has 1 aromatic carbocycles. The summed E-state index contributed by atoms with van der Waals surface area (Å²) >= 11 is 7.22. The van der Waals surface area contributed by atoms with Gasteiger partial charge in [0.2, 0.25) is 0 Å². The van der Waals surface area contributed by atoms with Crippen molar-refractivity contribution in [2.45, 2.75) is 55.7 Å². The average Bonchev–Trinajstić information content (AvgIpc) is 3.27. The van der Waals surface area contributed by atoms with E-state index in [1.165, 1.54) is 6.07 Å². The predicted octanol–water partition coefficient (Wildman–Crippen LogP) is 3.50. The minimum atomic E-state index is -0.807. The van der Waals surface area contributed by atoms with Gasteiger partial charge in [-0.15, -0.1) is 21.8 Å². The number of pyridine rings is 1. The van der Waals surface area contributed by atoms with Crippen molar-refractivity contribution in [1.29, 1.82) is 0 Å². The largest absolute Gasteiger partial charge is 0.393 e. The number of alkyl halides is 1. The van der Waals surface area contributed by atoms with Crippen LogP contribution in [0.5, 0.6) is 0 Å². The van der Waals surface area contributed by atoms with E-state index in [2.05, 4.69) is 21.2 Å². The molecule has 0 saturated heterocycles. The van der Waals surface area contributed by atoms with Crippen molar-refractivity contribution in [3.63, 3.8) is 0 Å². The van der Waals surface area contributed by atoms with Crippen LogP contribution < -0.4 is 0 Å². The summed E-state index contributed by atoms with van der Waals surface area (Å²) in [6, 6.07) is 9.16. The highest BCUT2D eigenvalue weighted by molar-refractivity contribution is 6.24. The van der Waals surface area contributed by atoms with Gasteiger partial charge in [0.15, 0.2) is 12.0 Å². The lowest BCUT2D eigenvalue weighted by Crippen LogP contribution is -2.50. The van der Waals surface area contributed by atoms with E-state index in [4.69, 9.17) is 16.3 Å². The highest BCUT2D eigenvalue weighted by Gasteiger charge is 2.38. The number of rotatable bonds is 6. The quantitative estimate of drug-likeness (QED) is 0.208. The molecule has 1 fully saturated rings. The molecule has 2 aromatic heterocycles. The minimum Gasteiger partial charge on any atom is -0.393 e. The predicted molar refractivity (Wildman–Crippen MR) is 133 cm³/mol. The first-order chi connectivity index (χ1) is 17.8. The first kappa shape index (κ1) is 25.4. The average molecular weight is 527 g/mol. The Morgan fingerprint density at radius 3 is 2.76 bits per heavy atom. The van der Waals surface area contributed by atoms with Crippen molar-refractivity contribution >= 4 is 24.0 Å². The summed E-state index contributed by atoms with van der Waals surface area (Å²) in [5.74, 6) is -0.239. The maximum atomic E-state index is 14.3. The van der Waals surface area contributed by atoms with Crippen LogP contribution in [-0.4, -0.2) is 62.3 Å². The molecule has 1 unspecified atom stereocenters. The van der Waals surface area contributed by atoms with Gasteiger partial charge in [0.05, 0.1) is 22.8 Å². The molecule has 1 atom stereocenters. The molecule has 5 rings (SSSR count). The third-order valence-electron chi connectivity index (χ3n) is 7.35. The maximum Gasteiger partial charge on any atom is 0.346 e. The Morgan fingerprint density at radius 1 is 1.27 bits per heavy atom. The zero-order valence-electron chi connectivity index (χ0n) is 20.7. The topological polar surface area (TPSA) is 93.5 Å². The lowest BCUT2D eigenvalue weighted by molar-refractivity contribution is -0.161. The van der Waals surface area contributed by atoms with Gasteiger partial charge in [0.25, 0.3) is 0 Å². The number of aromatic nitrogens is 4. The fourth-order valence-corrected chi connectivity index (χ4v) is 5.89. The zero-order valence-corrected chi connectivity index (χ0v) is 21.4. The van der Waals surface area contributed by atoms with Crippen molar-refractivity contribution in [2.75, 3.05) is 14.1 Å². The fraction of sp³-hybridized carbons (Fsp3) is 0.423. The molecular formula is C26H28ClFN6O3. The second kappa shape index (κ2) is 10.3. The van der Waals surface area contributed by atoms with Gasteiger partial charge < -0.3 is 4.74 Å². The van der Waals surface area contributed by atoms with Crippen molar-refractivity contribution in [1.82, 2.24) is 29.5 Å². The van der Waals surface area contributed by atoms with Gasteiger partial charge in [0.1, 0.15) is 12.1 Å². The van der Waals surface area contributed by atoms with Crippen LogP contribution in [-0.2, 0) is 32.3 Å². The lowest BCUT2D eigenvalue weighted by Gasteiger charge is -2.36. The Balaban J connectivity index is 1.45. The standard InChI is InChI=1S/C26H28ClFN6O3/c1-32(2)24(25(36)37-16-35)33-13-18-12-19(5-6-21(18)34-15-30-31-22(34)14-33)26(27)9-7-17(8-10-26)23-20(28)4-3-11-29-23/h3-6,11-12,15-17,24H,7-10,13-14H2,1-2H3. The summed E-state index contributed by atoms with van der Waals surface area (Å²) in [6.07, 6.45) is 5.30. The van der Waals surface area contributed by atoms with Gasteiger partial charge in [-0.05, 0) is 69.1 Å². The van der Waals surface area contributed by atoms with Crippen molar-refractivity contribution in [3.8, 4) is 5.69 Å². The van der Waals surface area contributed by atoms with Gasteiger partial charge >= 0.3 is 12.4 Å². The molecule has 0 bridgehead atoms. The number of fused-ring (bicyclic) bond motifs is 3. The van der Waals surface area contributed by atoms with E-state index in [-0.39, 0.29) is 18.2 Å². The number of halogens is 2. The highest BCUT2D eigenvalue weighted by Crippen LogP contribution is 2.48. The molecular weight excluding hydrogens is 499 g/mol. The number of carbonyl (C=O) groups is 2. The summed E-state index contributed by atoms with van der Waals surface area (Å²) in [4.78, 5) is 30.8. The van der Waals surface area contributed by atoms with E-state index in [0.29, 0.717) is 37.4 Å². The van der Waals surface area contributed by atoms with Crippen molar-refractivity contribution in [2.24, 2.45) is 0 Å². The number of likely N-dealkylation sites (N-methyl/N-ethyl adjacent to an activating group) is 1. The van der Waals surface area contributed by atoms with E-state index in [1.807, 2.05) is 21.6 Å². The third kappa shape index (κ3) is 4.88. The molecule has 1 aliphatic carbocycles. The van der Waals surface area contributed by atoms with E-state index < -0.39 is 17.0 Å². The summed E-state index contributed by atoms with van der Waals surface area (Å²) in [7, 11) is 3.50. The Labute approximate surface area is 219 Å². The first-order valence-corrected chi connectivity index (χ1v) is 12.5. The van der Waals surface area contributed by atoms with Crippen LogP contribution in [0.2, 0.25) is 0 Å². The van der Waals surface area contributed by atoms with E-state index in [1.54, 1.807) is 37.6 Å². The van der Waals surface area contributed by atoms with Gasteiger partial charge in [-0.25, -0.2) is 9.18 Å². The van der Waals surface area contributed by atoms with Crippen LogP contribution in [0.3, 0.4) is 0 Å². The smallest absolute Gasteiger partial charge is 0.346 e. The second-order valence-electron chi connectivity index (χ2n) is 9.85. The number of ether oxygens (including phenoxy) is 1. The molecule has 0 radical (unpaired) electrons. The monoisotopic (exact) mass is 526 g/mol. The number of benzene rings is 1. The van der Waals surface area contributed by atoms with Crippen LogP contribution in [0, 0.1) is 5.82 Å². The van der Waals surface area contributed by atoms with E-state index in [0.717, 1.165) is 29.7 Å². The van der Waals surface area contributed by atoms with E-state index >= 15 is 0 Å². The number of hydrogen-bond acceptors (Lipinski definition) is 8. The molecule has 11 heteroatoms. The van der Waals surface area contributed by atoms with Crippen LogP contribution >= 0.6 is 11.6 Å². The number of nitrogens with zero attached hydrogens (tertiary/aromatic N) is 6. The molecule has 9 nitrogen and oxygen atoms in total. The minimum absolute atomic E-state index is 0.0358. The fourth-order valence-electron chi connectivity index (χ4n) is 5.55. The SMILES string of the molecule is CN(C)C(C(=O)OC=O)N1Cc2cc(C3(Cl)CCC(c4ncccc4F)CC3)ccc2-n2cnnc2C1. The summed E-state index contributed by atoms with van der Waals surface area (Å²) in [5, 5.41) is 8.32. The zero-order chi connectivity index (χ0) is 26.2. The molecule has 1 aliphatic heterocycles. The highest BCUT2D eigenvalue weighted by atomic mass is 35.5. The molecule has 0 spiro atoms. The maximum absolute atomic E-state index is 14.3. The van der Waals surface area contributed by atoms with Gasteiger partial charge in [0, 0.05) is 18.7 Å². The normalized spacial score (nSPS) is 22.6. The van der Waals surface area contributed by atoms with Gasteiger partial charge in [-0.3, -0.25) is 24.1 Å². The van der Waals surface area contributed by atoms with Gasteiger partial charge in [-0.2, -0.15) is 0 Å². The Bertz CT molecular complexity index is 1310. The van der Waals surface area contributed by atoms with Crippen LogP contribution in [0.25, 0.3) is 5.69 Å². The molecule has 194 valence electrons. The molecule has 3 heterocycles. The van der Waals surface area contributed by atoms with Crippen LogP contribution in [0.4, 0.5) is 4.39 Å². The van der Waals surface area contributed by atoms with Gasteiger partial charge in [-0.1, -0.05) is 12.1 Å². The summed E-state index contributed by atoms with van der Waals surface area (Å²) in [5.41, 5.74) is 3.33. The first-order valence-electron chi connectivity index (χ1n) is 12.2. The number of hydrogen-bond donors (Lipinski definition) is 0. The molecule has 3 aromatic rings. The second-order valence-corrected chi connectivity index (χ2v) is 10.6. The Hall–Kier alpha value is -3.21.